The highest BCUT2D eigenvalue weighted by molar-refractivity contribution is 6.27. The van der Waals surface area contributed by atoms with E-state index in [0.29, 0.717) is 13.0 Å². The van der Waals surface area contributed by atoms with E-state index >= 15 is 0 Å². The highest BCUT2D eigenvalue weighted by atomic mass is 35.5. The number of amides is 2. The Labute approximate surface area is 116 Å². The molecule has 102 valence electrons. The van der Waals surface area contributed by atoms with Gasteiger partial charge in [0.15, 0.2) is 0 Å². The summed E-state index contributed by atoms with van der Waals surface area (Å²) in [4.78, 5) is 24.8. The molecule has 0 aliphatic carbocycles. The molecular weight excluding hydrogens is 268 g/mol. The summed E-state index contributed by atoms with van der Waals surface area (Å²) in [5.41, 5.74) is 0.799. The number of ether oxygens (including phenoxy) is 1. The lowest BCUT2D eigenvalue weighted by Crippen LogP contribution is -2.37. The number of nitrogens with zero attached hydrogens (tertiary/aromatic N) is 1. The Morgan fingerprint density at radius 3 is 2.74 bits per heavy atom. The van der Waals surface area contributed by atoms with E-state index in [1.807, 2.05) is 12.1 Å². The smallest absolute Gasteiger partial charge is 0.235 e. The van der Waals surface area contributed by atoms with Crippen molar-refractivity contribution in [3.63, 3.8) is 0 Å². The molecule has 19 heavy (non-hydrogen) atoms. The third-order valence-corrected chi connectivity index (χ3v) is 3.24. The van der Waals surface area contributed by atoms with Crippen LogP contribution in [0.4, 0.5) is 5.69 Å². The lowest BCUT2D eigenvalue weighted by Gasteiger charge is -2.17. The topological polar surface area (TPSA) is 58.6 Å². The SMILES string of the molecule is COc1ccc(N2CC(NC(=O)CCl)CC2=O)cc1. The molecule has 1 fully saturated rings. The zero-order valence-corrected chi connectivity index (χ0v) is 11.3. The number of methoxy groups -OCH3 is 1. The third-order valence-electron chi connectivity index (χ3n) is 3.00. The summed E-state index contributed by atoms with van der Waals surface area (Å²) >= 11 is 5.43. The maximum atomic E-state index is 11.9. The molecule has 1 aromatic carbocycles. The molecule has 2 rings (SSSR count). The minimum Gasteiger partial charge on any atom is -0.497 e. The van der Waals surface area contributed by atoms with Gasteiger partial charge in [0, 0.05) is 18.7 Å². The Balaban J connectivity index is 2.04. The second kappa shape index (κ2) is 5.93. The zero-order chi connectivity index (χ0) is 13.8. The van der Waals surface area contributed by atoms with Crippen LogP contribution in [0.25, 0.3) is 0 Å². The van der Waals surface area contributed by atoms with Crippen LogP contribution in [0.1, 0.15) is 6.42 Å². The summed E-state index contributed by atoms with van der Waals surface area (Å²) < 4.78 is 5.07. The second-order valence-electron chi connectivity index (χ2n) is 4.30. The first kappa shape index (κ1) is 13.7. The van der Waals surface area contributed by atoms with Crippen molar-refractivity contribution >= 4 is 29.1 Å². The maximum Gasteiger partial charge on any atom is 0.235 e. The van der Waals surface area contributed by atoms with Gasteiger partial charge in [-0.1, -0.05) is 0 Å². The summed E-state index contributed by atoms with van der Waals surface area (Å²) in [7, 11) is 1.59. The molecule has 6 heteroatoms. The first-order valence-electron chi connectivity index (χ1n) is 5.93. The lowest BCUT2D eigenvalue weighted by molar-refractivity contribution is -0.119. The molecule has 1 heterocycles. The standard InChI is InChI=1S/C13H15ClN2O3/c1-19-11-4-2-10(3-5-11)16-8-9(6-13(16)18)15-12(17)7-14/h2-5,9H,6-8H2,1H3,(H,15,17). The molecule has 1 N–H and O–H groups in total. The van der Waals surface area contributed by atoms with Crippen molar-refractivity contribution in [3.8, 4) is 5.75 Å². The molecule has 0 spiro atoms. The van der Waals surface area contributed by atoms with Crippen LogP contribution in [0.15, 0.2) is 24.3 Å². The number of carbonyl (C=O) groups excluding carboxylic acids is 2. The number of carbonyl (C=O) groups is 2. The van der Waals surface area contributed by atoms with Crippen molar-refractivity contribution in [1.82, 2.24) is 5.32 Å². The molecular formula is C13H15ClN2O3. The monoisotopic (exact) mass is 282 g/mol. The molecule has 1 aromatic rings. The number of benzene rings is 1. The molecule has 0 radical (unpaired) electrons. The molecule has 2 amide bonds. The van der Waals surface area contributed by atoms with Crippen LogP contribution in [0.3, 0.4) is 0 Å². The van der Waals surface area contributed by atoms with Crippen LogP contribution in [-0.4, -0.2) is 37.4 Å². The van der Waals surface area contributed by atoms with E-state index in [-0.39, 0.29) is 23.7 Å². The van der Waals surface area contributed by atoms with E-state index in [9.17, 15) is 9.59 Å². The van der Waals surface area contributed by atoms with E-state index in [4.69, 9.17) is 16.3 Å². The fourth-order valence-electron chi connectivity index (χ4n) is 2.08. The van der Waals surface area contributed by atoms with Gasteiger partial charge in [-0.15, -0.1) is 11.6 Å². The summed E-state index contributed by atoms with van der Waals surface area (Å²) in [6.45, 7) is 0.466. The Bertz CT molecular complexity index is 475. The molecule has 1 saturated heterocycles. The Morgan fingerprint density at radius 1 is 1.47 bits per heavy atom. The predicted octanol–water partition coefficient (Wildman–Crippen LogP) is 1.16. The summed E-state index contributed by atoms with van der Waals surface area (Å²) in [6.07, 6.45) is 0.300. The molecule has 1 aliphatic heterocycles. The highest BCUT2D eigenvalue weighted by Crippen LogP contribution is 2.24. The first-order chi connectivity index (χ1) is 9.13. The van der Waals surface area contributed by atoms with Gasteiger partial charge < -0.3 is 15.0 Å². The van der Waals surface area contributed by atoms with Crippen molar-refractivity contribution in [2.24, 2.45) is 0 Å². The number of nitrogens with one attached hydrogen (secondary N) is 1. The van der Waals surface area contributed by atoms with E-state index in [1.165, 1.54) is 0 Å². The van der Waals surface area contributed by atoms with Crippen LogP contribution >= 0.6 is 11.6 Å². The number of anilines is 1. The molecule has 1 aliphatic rings. The van der Waals surface area contributed by atoms with E-state index in [0.717, 1.165) is 11.4 Å². The normalized spacial score (nSPS) is 18.5. The highest BCUT2D eigenvalue weighted by Gasteiger charge is 2.31. The molecule has 0 saturated carbocycles. The quantitative estimate of drug-likeness (QED) is 0.843. The second-order valence-corrected chi connectivity index (χ2v) is 4.57. The molecule has 1 unspecified atom stereocenters. The minimum absolute atomic E-state index is 0.00922. The number of hydrogen-bond acceptors (Lipinski definition) is 3. The van der Waals surface area contributed by atoms with E-state index in [2.05, 4.69) is 5.32 Å². The van der Waals surface area contributed by atoms with Crippen LogP contribution < -0.4 is 15.0 Å². The summed E-state index contributed by atoms with van der Waals surface area (Å²) in [5.74, 6) is 0.385. The van der Waals surface area contributed by atoms with Gasteiger partial charge in [-0.25, -0.2) is 0 Å². The van der Waals surface area contributed by atoms with Crippen LogP contribution in [0.2, 0.25) is 0 Å². The summed E-state index contributed by atoms with van der Waals surface area (Å²) in [6, 6.07) is 7.06. The fourth-order valence-corrected chi connectivity index (χ4v) is 2.16. The Kier molecular flexibility index (Phi) is 4.27. The number of halogens is 1. The molecule has 0 bridgehead atoms. The zero-order valence-electron chi connectivity index (χ0n) is 10.6. The largest absolute Gasteiger partial charge is 0.497 e. The average Bonchev–Trinajstić information content (AvgIpc) is 2.79. The van der Waals surface area contributed by atoms with Crippen molar-refractivity contribution in [2.75, 3.05) is 24.4 Å². The van der Waals surface area contributed by atoms with Gasteiger partial charge in [-0.3, -0.25) is 9.59 Å². The maximum absolute atomic E-state index is 11.9. The fraction of sp³-hybridized carbons (Fsp3) is 0.385. The van der Waals surface area contributed by atoms with E-state index in [1.54, 1.807) is 24.1 Å². The van der Waals surface area contributed by atoms with Gasteiger partial charge in [0.2, 0.25) is 11.8 Å². The van der Waals surface area contributed by atoms with Crippen LogP contribution in [-0.2, 0) is 9.59 Å². The third kappa shape index (κ3) is 3.17. The van der Waals surface area contributed by atoms with Gasteiger partial charge in [0.05, 0.1) is 13.2 Å². The van der Waals surface area contributed by atoms with E-state index < -0.39 is 0 Å². The van der Waals surface area contributed by atoms with Crippen molar-refractivity contribution in [3.05, 3.63) is 24.3 Å². The van der Waals surface area contributed by atoms with Gasteiger partial charge >= 0.3 is 0 Å². The van der Waals surface area contributed by atoms with Crippen LogP contribution in [0.5, 0.6) is 5.75 Å². The van der Waals surface area contributed by atoms with Gasteiger partial charge in [0.25, 0.3) is 0 Å². The predicted molar refractivity (Wildman–Crippen MR) is 72.6 cm³/mol. The van der Waals surface area contributed by atoms with Crippen molar-refractivity contribution < 1.29 is 14.3 Å². The molecule has 0 aromatic heterocycles. The van der Waals surface area contributed by atoms with Gasteiger partial charge in [0.1, 0.15) is 11.6 Å². The molecule has 5 nitrogen and oxygen atoms in total. The minimum atomic E-state index is -0.254. The van der Waals surface area contributed by atoms with Gasteiger partial charge in [-0.2, -0.15) is 0 Å². The van der Waals surface area contributed by atoms with Crippen molar-refractivity contribution in [2.45, 2.75) is 12.5 Å². The first-order valence-corrected chi connectivity index (χ1v) is 6.47. The lowest BCUT2D eigenvalue weighted by atomic mass is 10.2. The Hall–Kier alpha value is -1.75. The Morgan fingerprint density at radius 2 is 2.16 bits per heavy atom. The number of rotatable bonds is 4. The number of alkyl halides is 1. The average molecular weight is 283 g/mol. The van der Waals surface area contributed by atoms with Crippen molar-refractivity contribution in [1.29, 1.82) is 0 Å². The number of hydrogen-bond donors (Lipinski definition) is 1. The van der Waals surface area contributed by atoms with Crippen LogP contribution in [0, 0.1) is 0 Å². The summed E-state index contributed by atoms with van der Waals surface area (Å²) in [5, 5.41) is 2.72. The van der Waals surface area contributed by atoms with Gasteiger partial charge in [-0.05, 0) is 24.3 Å². The molecule has 1 atom stereocenters.